The number of carbonyl (C=O) groups excluding carboxylic acids is 1. The maximum absolute atomic E-state index is 13.3. The molecule has 0 aliphatic carbocycles. The van der Waals surface area contributed by atoms with Crippen LogP contribution in [0.2, 0.25) is 0 Å². The fraction of sp³-hybridized carbons (Fsp3) is 0.0667. The van der Waals surface area contributed by atoms with Crippen molar-refractivity contribution in [2.45, 2.75) is 6.54 Å². The molecule has 0 atom stereocenters. The molecule has 0 saturated carbocycles. The van der Waals surface area contributed by atoms with E-state index in [0.29, 0.717) is 17.8 Å². The molecule has 0 radical (unpaired) electrons. The Hall–Kier alpha value is -2.69. The fourth-order valence-electron chi connectivity index (χ4n) is 2.28. The van der Waals surface area contributed by atoms with Crippen molar-refractivity contribution in [3.63, 3.8) is 0 Å². The Balaban J connectivity index is 2.14. The normalized spacial score (nSPS) is 10.8. The van der Waals surface area contributed by atoms with Gasteiger partial charge in [0.1, 0.15) is 11.5 Å². The van der Waals surface area contributed by atoms with E-state index in [1.807, 2.05) is 6.07 Å². The third kappa shape index (κ3) is 2.14. The van der Waals surface area contributed by atoms with Crippen LogP contribution in [0.5, 0.6) is 0 Å². The molecule has 0 spiro atoms. The van der Waals surface area contributed by atoms with E-state index in [-0.39, 0.29) is 5.82 Å². The van der Waals surface area contributed by atoms with Gasteiger partial charge in [0.25, 0.3) is 5.91 Å². The van der Waals surface area contributed by atoms with E-state index in [1.165, 1.54) is 12.1 Å². The molecule has 0 aliphatic rings. The van der Waals surface area contributed by atoms with Crippen LogP contribution < -0.4 is 5.73 Å². The maximum Gasteiger partial charge on any atom is 0.265 e. The van der Waals surface area contributed by atoms with Crippen molar-refractivity contribution in [2.75, 3.05) is 0 Å². The zero-order valence-corrected chi connectivity index (χ0v) is 10.6. The van der Waals surface area contributed by atoms with Crippen LogP contribution >= 0.6 is 0 Å². The minimum atomic E-state index is -0.528. The van der Waals surface area contributed by atoms with Crippen LogP contribution in [0.4, 0.5) is 4.39 Å². The first-order chi connectivity index (χ1) is 9.65. The van der Waals surface area contributed by atoms with Crippen molar-refractivity contribution in [3.8, 4) is 0 Å². The monoisotopic (exact) mass is 269 g/mol. The highest BCUT2D eigenvalue weighted by Crippen LogP contribution is 2.19. The molecule has 20 heavy (non-hydrogen) atoms. The molecular weight excluding hydrogens is 257 g/mol. The lowest BCUT2D eigenvalue weighted by atomic mass is 10.2. The van der Waals surface area contributed by atoms with Crippen molar-refractivity contribution < 1.29 is 9.18 Å². The molecule has 0 fully saturated rings. The van der Waals surface area contributed by atoms with Gasteiger partial charge in [-0.2, -0.15) is 0 Å². The van der Waals surface area contributed by atoms with E-state index in [9.17, 15) is 9.18 Å². The maximum atomic E-state index is 13.3. The van der Waals surface area contributed by atoms with Crippen LogP contribution in [0.25, 0.3) is 11.0 Å². The standard InChI is InChI=1S/C15H12FN3O/c16-11-4-1-3-10(7-11)9-19-13-5-2-6-18-12(13)8-14(19)15(17)20/h1-8H,9H2,(H2,17,20). The van der Waals surface area contributed by atoms with E-state index < -0.39 is 5.91 Å². The minimum Gasteiger partial charge on any atom is -0.364 e. The summed E-state index contributed by atoms with van der Waals surface area (Å²) in [5.74, 6) is -0.836. The van der Waals surface area contributed by atoms with Crippen molar-refractivity contribution in [2.24, 2.45) is 5.73 Å². The summed E-state index contributed by atoms with van der Waals surface area (Å²) in [6, 6.07) is 11.6. The number of hydrogen-bond acceptors (Lipinski definition) is 2. The predicted molar refractivity (Wildman–Crippen MR) is 73.8 cm³/mol. The van der Waals surface area contributed by atoms with Gasteiger partial charge in [-0.25, -0.2) is 4.39 Å². The lowest BCUT2D eigenvalue weighted by molar-refractivity contribution is 0.0992. The first kappa shape index (κ1) is 12.3. The van der Waals surface area contributed by atoms with Gasteiger partial charge >= 0.3 is 0 Å². The largest absolute Gasteiger partial charge is 0.364 e. The molecule has 0 aliphatic heterocycles. The molecular formula is C15H12FN3O. The Bertz CT molecular complexity index is 795. The lowest BCUT2D eigenvalue weighted by Gasteiger charge is -2.08. The van der Waals surface area contributed by atoms with E-state index in [2.05, 4.69) is 4.98 Å². The molecule has 4 nitrogen and oxygen atoms in total. The molecule has 2 N–H and O–H groups in total. The molecule has 2 aromatic heterocycles. The summed E-state index contributed by atoms with van der Waals surface area (Å²) in [6.07, 6.45) is 1.65. The number of halogens is 1. The first-order valence-corrected chi connectivity index (χ1v) is 6.13. The van der Waals surface area contributed by atoms with Crippen LogP contribution in [-0.2, 0) is 6.54 Å². The fourth-order valence-corrected chi connectivity index (χ4v) is 2.28. The molecule has 5 heteroatoms. The summed E-state index contributed by atoms with van der Waals surface area (Å²) in [6.45, 7) is 0.366. The highest BCUT2D eigenvalue weighted by atomic mass is 19.1. The number of fused-ring (bicyclic) bond motifs is 1. The third-order valence-corrected chi connectivity index (χ3v) is 3.15. The van der Waals surface area contributed by atoms with Gasteiger partial charge in [0.05, 0.1) is 11.0 Å². The van der Waals surface area contributed by atoms with E-state index >= 15 is 0 Å². The highest BCUT2D eigenvalue weighted by Gasteiger charge is 2.14. The number of aromatic nitrogens is 2. The second-order valence-corrected chi connectivity index (χ2v) is 4.52. The average Bonchev–Trinajstić information content (AvgIpc) is 2.78. The van der Waals surface area contributed by atoms with Gasteiger partial charge in [0, 0.05) is 12.7 Å². The topological polar surface area (TPSA) is 60.9 Å². The van der Waals surface area contributed by atoms with Crippen molar-refractivity contribution in [1.29, 1.82) is 0 Å². The lowest BCUT2D eigenvalue weighted by Crippen LogP contribution is -2.17. The Morgan fingerprint density at radius 2 is 2.10 bits per heavy atom. The summed E-state index contributed by atoms with van der Waals surface area (Å²) < 4.78 is 15.0. The van der Waals surface area contributed by atoms with Crippen molar-refractivity contribution in [3.05, 3.63) is 65.7 Å². The molecule has 1 amide bonds. The molecule has 0 bridgehead atoms. The Labute approximate surface area is 114 Å². The van der Waals surface area contributed by atoms with Gasteiger partial charge in [-0.3, -0.25) is 9.78 Å². The van der Waals surface area contributed by atoms with Crippen molar-refractivity contribution in [1.82, 2.24) is 9.55 Å². The van der Waals surface area contributed by atoms with Crippen LogP contribution in [0.3, 0.4) is 0 Å². The van der Waals surface area contributed by atoms with Gasteiger partial charge in [0.2, 0.25) is 0 Å². The number of amides is 1. The van der Waals surface area contributed by atoms with Crippen LogP contribution in [-0.4, -0.2) is 15.5 Å². The quantitative estimate of drug-likeness (QED) is 0.793. The number of benzene rings is 1. The molecule has 0 saturated heterocycles. The number of nitrogens with zero attached hydrogens (tertiary/aromatic N) is 2. The van der Waals surface area contributed by atoms with Gasteiger partial charge in [-0.15, -0.1) is 0 Å². The van der Waals surface area contributed by atoms with Crippen LogP contribution in [0.1, 0.15) is 16.1 Å². The Morgan fingerprint density at radius 3 is 2.85 bits per heavy atom. The number of pyridine rings is 1. The van der Waals surface area contributed by atoms with Crippen LogP contribution in [0, 0.1) is 5.82 Å². The van der Waals surface area contributed by atoms with Gasteiger partial charge in [-0.05, 0) is 35.9 Å². The molecule has 3 aromatic rings. The highest BCUT2D eigenvalue weighted by molar-refractivity contribution is 5.96. The minimum absolute atomic E-state index is 0.308. The summed E-state index contributed by atoms with van der Waals surface area (Å²) in [5, 5.41) is 0. The third-order valence-electron chi connectivity index (χ3n) is 3.15. The van der Waals surface area contributed by atoms with Gasteiger partial charge < -0.3 is 10.3 Å². The SMILES string of the molecule is NC(=O)c1cc2ncccc2n1Cc1cccc(F)c1. The van der Waals surface area contributed by atoms with Crippen LogP contribution in [0.15, 0.2) is 48.7 Å². The smallest absolute Gasteiger partial charge is 0.265 e. The zero-order valence-electron chi connectivity index (χ0n) is 10.6. The van der Waals surface area contributed by atoms with Crippen molar-refractivity contribution >= 4 is 16.9 Å². The summed E-state index contributed by atoms with van der Waals surface area (Å²) >= 11 is 0. The Morgan fingerprint density at radius 1 is 1.25 bits per heavy atom. The number of nitrogens with two attached hydrogens (primary N) is 1. The predicted octanol–water partition coefficient (Wildman–Crippen LogP) is 2.32. The first-order valence-electron chi connectivity index (χ1n) is 6.13. The number of hydrogen-bond donors (Lipinski definition) is 1. The molecule has 2 heterocycles. The summed E-state index contributed by atoms with van der Waals surface area (Å²) in [4.78, 5) is 15.7. The second kappa shape index (κ2) is 4.77. The molecule has 3 rings (SSSR count). The zero-order chi connectivity index (χ0) is 14.1. The summed E-state index contributed by atoms with van der Waals surface area (Å²) in [5.41, 5.74) is 8.01. The number of primary amides is 1. The van der Waals surface area contributed by atoms with E-state index in [0.717, 1.165) is 11.1 Å². The Kier molecular flexibility index (Phi) is 2.95. The van der Waals surface area contributed by atoms with Gasteiger partial charge in [-0.1, -0.05) is 12.1 Å². The molecule has 1 aromatic carbocycles. The summed E-state index contributed by atoms with van der Waals surface area (Å²) in [7, 11) is 0. The molecule has 100 valence electrons. The number of carbonyl (C=O) groups is 1. The molecule has 0 unspecified atom stereocenters. The number of rotatable bonds is 3. The second-order valence-electron chi connectivity index (χ2n) is 4.52. The average molecular weight is 269 g/mol. The van der Waals surface area contributed by atoms with E-state index in [1.54, 1.807) is 35.0 Å². The van der Waals surface area contributed by atoms with E-state index in [4.69, 9.17) is 5.73 Å². The van der Waals surface area contributed by atoms with Gasteiger partial charge in [0.15, 0.2) is 0 Å².